The number of benzene rings is 1. The van der Waals surface area contributed by atoms with Crippen molar-refractivity contribution in [2.75, 3.05) is 12.4 Å². The average Bonchev–Trinajstić information content (AvgIpc) is 3.00. The Labute approximate surface area is 125 Å². The van der Waals surface area contributed by atoms with E-state index in [-0.39, 0.29) is 5.91 Å². The number of aryl methyl sites for hydroxylation is 2. The van der Waals surface area contributed by atoms with Crippen molar-refractivity contribution >= 4 is 27.9 Å². The minimum Gasteiger partial charge on any atom is -0.497 e. The monoisotopic (exact) mass is 302 g/mol. The first-order valence-electron chi connectivity index (χ1n) is 6.36. The third kappa shape index (κ3) is 2.36. The van der Waals surface area contributed by atoms with E-state index in [0.29, 0.717) is 16.3 Å². The van der Waals surface area contributed by atoms with Crippen LogP contribution in [-0.2, 0) is 0 Å². The van der Waals surface area contributed by atoms with Gasteiger partial charge in [0.15, 0.2) is 0 Å². The number of amides is 1. The van der Waals surface area contributed by atoms with Gasteiger partial charge in [-0.15, -0.1) is 10.2 Å². The number of anilines is 1. The fraction of sp³-hybridized carbons (Fsp3) is 0.214. The molecule has 1 N–H and O–H groups in total. The summed E-state index contributed by atoms with van der Waals surface area (Å²) in [5.41, 5.74) is 1.54. The smallest absolute Gasteiger partial charge is 0.267 e. The molecule has 6 nitrogen and oxygen atoms in total. The van der Waals surface area contributed by atoms with Crippen molar-refractivity contribution in [1.82, 2.24) is 14.6 Å². The summed E-state index contributed by atoms with van der Waals surface area (Å²) in [6, 6.07) is 7.26. The van der Waals surface area contributed by atoms with Crippen LogP contribution in [0.5, 0.6) is 5.75 Å². The van der Waals surface area contributed by atoms with E-state index in [1.807, 2.05) is 36.4 Å². The number of thiazole rings is 1. The van der Waals surface area contributed by atoms with Crippen LogP contribution in [-0.4, -0.2) is 27.6 Å². The van der Waals surface area contributed by atoms with Gasteiger partial charge < -0.3 is 10.1 Å². The fourth-order valence-corrected chi connectivity index (χ4v) is 3.17. The number of nitrogens with zero attached hydrogens (tertiary/aromatic N) is 3. The highest BCUT2D eigenvalue weighted by atomic mass is 32.1. The van der Waals surface area contributed by atoms with Gasteiger partial charge in [-0.05, 0) is 26.0 Å². The predicted octanol–water partition coefficient (Wildman–Crippen LogP) is 2.67. The van der Waals surface area contributed by atoms with Gasteiger partial charge in [0.1, 0.15) is 16.5 Å². The number of carbonyl (C=O) groups excluding carboxylic acids is 1. The van der Waals surface area contributed by atoms with Gasteiger partial charge in [0, 0.05) is 17.4 Å². The Morgan fingerprint density at radius 2 is 2.14 bits per heavy atom. The van der Waals surface area contributed by atoms with Crippen molar-refractivity contribution in [3.63, 3.8) is 0 Å². The fourth-order valence-electron chi connectivity index (χ4n) is 2.16. The van der Waals surface area contributed by atoms with Crippen molar-refractivity contribution in [2.24, 2.45) is 0 Å². The molecule has 3 aromatic rings. The third-order valence-electron chi connectivity index (χ3n) is 3.19. The summed E-state index contributed by atoms with van der Waals surface area (Å²) in [6.07, 6.45) is 0. The number of ether oxygens (including phenoxy) is 1. The van der Waals surface area contributed by atoms with Crippen LogP contribution in [0.15, 0.2) is 24.3 Å². The molecule has 1 amide bonds. The second-order valence-corrected chi connectivity index (χ2v) is 5.55. The summed E-state index contributed by atoms with van der Waals surface area (Å²) in [4.78, 5) is 13.8. The van der Waals surface area contributed by atoms with E-state index in [0.717, 1.165) is 16.5 Å². The molecule has 1 aromatic carbocycles. The maximum atomic E-state index is 12.4. The minimum atomic E-state index is -0.157. The zero-order valence-electron chi connectivity index (χ0n) is 11.9. The summed E-state index contributed by atoms with van der Waals surface area (Å²) in [5, 5.41) is 10.9. The summed E-state index contributed by atoms with van der Waals surface area (Å²) in [7, 11) is 1.59. The highest BCUT2D eigenvalue weighted by molar-refractivity contribution is 7.19. The van der Waals surface area contributed by atoms with Crippen molar-refractivity contribution in [3.05, 3.63) is 40.7 Å². The molecule has 0 aliphatic rings. The van der Waals surface area contributed by atoms with Crippen LogP contribution in [0.3, 0.4) is 0 Å². The molecular formula is C14H14N4O2S. The van der Waals surface area contributed by atoms with Gasteiger partial charge in [-0.2, -0.15) is 0 Å². The number of fused-ring (bicyclic) bond motifs is 1. The van der Waals surface area contributed by atoms with Crippen molar-refractivity contribution in [3.8, 4) is 5.75 Å². The lowest BCUT2D eigenvalue weighted by Gasteiger charge is -2.06. The van der Waals surface area contributed by atoms with Crippen molar-refractivity contribution in [1.29, 1.82) is 0 Å². The molecule has 0 spiro atoms. The van der Waals surface area contributed by atoms with Crippen LogP contribution < -0.4 is 10.1 Å². The molecular weight excluding hydrogens is 288 g/mol. The van der Waals surface area contributed by atoms with Crippen molar-refractivity contribution in [2.45, 2.75) is 13.8 Å². The first-order valence-corrected chi connectivity index (χ1v) is 7.18. The van der Waals surface area contributed by atoms with Gasteiger partial charge in [0.25, 0.3) is 5.91 Å². The number of nitrogens with one attached hydrogen (secondary N) is 1. The number of aromatic nitrogens is 3. The number of methoxy groups -OCH3 is 1. The summed E-state index contributed by atoms with van der Waals surface area (Å²) in [5.74, 6) is 1.32. The zero-order chi connectivity index (χ0) is 15.0. The molecule has 108 valence electrons. The Morgan fingerprint density at radius 3 is 2.86 bits per heavy atom. The first kappa shape index (κ1) is 13.6. The highest BCUT2D eigenvalue weighted by Crippen LogP contribution is 2.24. The van der Waals surface area contributed by atoms with Gasteiger partial charge >= 0.3 is 0 Å². The van der Waals surface area contributed by atoms with Gasteiger partial charge in [0.2, 0.25) is 4.96 Å². The molecule has 0 fully saturated rings. The van der Waals surface area contributed by atoms with Crippen LogP contribution in [0.2, 0.25) is 0 Å². The molecule has 2 aromatic heterocycles. The molecule has 2 heterocycles. The molecule has 0 atom stereocenters. The maximum absolute atomic E-state index is 12.4. The van der Waals surface area contributed by atoms with Crippen LogP contribution in [0.4, 0.5) is 5.69 Å². The Bertz CT molecular complexity index is 822. The van der Waals surface area contributed by atoms with Crippen LogP contribution >= 0.6 is 11.3 Å². The second kappa shape index (κ2) is 5.17. The van der Waals surface area contributed by atoms with E-state index in [2.05, 4.69) is 15.5 Å². The Kier molecular flexibility index (Phi) is 3.34. The molecule has 0 aliphatic carbocycles. The van der Waals surface area contributed by atoms with E-state index in [1.165, 1.54) is 11.3 Å². The molecule has 7 heteroatoms. The lowest BCUT2D eigenvalue weighted by Crippen LogP contribution is -2.12. The summed E-state index contributed by atoms with van der Waals surface area (Å²) >= 11 is 1.33. The molecule has 21 heavy (non-hydrogen) atoms. The Morgan fingerprint density at radius 1 is 1.33 bits per heavy atom. The van der Waals surface area contributed by atoms with E-state index in [4.69, 9.17) is 4.74 Å². The molecule has 0 unspecified atom stereocenters. The van der Waals surface area contributed by atoms with Gasteiger partial charge in [-0.3, -0.25) is 9.20 Å². The average molecular weight is 302 g/mol. The quantitative estimate of drug-likeness (QED) is 0.807. The first-order chi connectivity index (χ1) is 10.1. The van der Waals surface area contributed by atoms with Crippen LogP contribution in [0, 0.1) is 13.8 Å². The second-order valence-electron chi connectivity index (χ2n) is 4.57. The molecule has 0 saturated carbocycles. The van der Waals surface area contributed by atoms with Crippen molar-refractivity contribution < 1.29 is 9.53 Å². The molecule has 0 radical (unpaired) electrons. The molecule has 0 aliphatic heterocycles. The third-order valence-corrected chi connectivity index (χ3v) is 4.32. The normalized spacial score (nSPS) is 10.8. The topological polar surface area (TPSA) is 68.5 Å². The minimum absolute atomic E-state index is 0.157. The highest BCUT2D eigenvalue weighted by Gasteiger charge is 2.18. The van der Waals surface area contributed by atoms with E-state index < -0.39 is 0 Å². The molecule has 3 rings (SSSR count). The Hall–Kier alpha value is -2.41. The maximum Gasteiger partial charge on any atom is 0.267 e. The SMILES string of the molecule is COc1cccc(NC(=O)c2sc3nnc(C)n3c2C)c1. The van der Waals surface area contributed by atoms with Gasteiger partial charge in [0.05, 0.1) is 7.11 Å². The predicted molar refractivity (Wildman–Crippen MR) is 81.3 cm³/mol. The number of rotatable bonds is 3. The summed E-state index contributed by atoms with van der Waals surface area (Å²) < 4.78 is 7.03. The number of carbonyl (C=O) groups is 1. The van der Waals surface area contributed by atoms with E-state index >= 15 is 0 Å². The summed E-state index contributed by atoms with van der Waals surface area (Å²) in [6.45, 7) is 3.75. The van der Waals surface area contributed by atoms with Crippen LogP contribution in [0.25, 0.3) is 4.96 Å². The Balaban J connectivity index is 1.91. The van der Waals surface area contributed by atoms with Gasteiger partial charge in [-0.1, -0.05) is 17.4 Å². The number of hydrogen-bond acceptors (Lipinski definition) is 5. The largest absolute Gasteiger partial charge is 0.497 e. The van der Waals surface area contributed by atoms with E-state index in [9.17, 15) is 4.79 Å². The molecule has 0 saturated heterocycles. The number of hydrogen-bond donors (Lipinski definition) is 1. The van der Waals surface area contributed by atoms with E-state index in [1.54, 1.807) is 13.2 Å². The standard InChI is InChI=1S/C14H14N4O2S/c1-8-12(21-14-17-16-9(2)18(8)14)13(19)15-10-5-4-6-11(7-10)20-3/h4-7H,1-3H3,(H,15,19). The zero-order valence-corrected chi connectivity index (χ0v) is 12.7. The molecule has 0 bridgehead atoms. The van der Waals surface area contributed by atoms with Crippen LogP contribution in [0.1, 0.15) is 21.2 Å². The van der Waals surface area contributed by atoms with Gasteiger partial charge in [-0.25, -0.2) is 0 Å². The lowest BCUT2D eigenvalue weighted by molar-refractivity contribution is 0.102. The lowest BCUT2D eigenvalue weighted by atomic mass is 10.3.